The van der Waals surface area contributed by atoms with Gasteiger partial charge in [0.2, 0.25) is 11.2 Å². The first-order valence-electron chi connectivity index (χ1n) is 6.81. The summed E-state index contributed by atoms with van der Waals surface area (Å²) in [6.07, 6.45) is 0. The highest BCUT2D eigenvalue weighted by Gasteiger charge is 2.23. The topological polar surface area (TPSA) is 54.4 Å². The summed E-state index contributed by atoms with van der Waals surface area (Å²) in [5.74, 6) is 0.513. The van der Waals surface area contributed by atoms with Crippen LogP contribution in [0.25, 0.3) is 0 Å². The SMILES string of the molecule is CCOc1nc(Cl)nc(N2CCN(C)c3ccccc32)n1. The van der Waals surface area contributed by atoms with Crippen LogP contribution in [0.5, 0.6) is 6.01 Å². The van der Waals surface area contributed by atoms with Crippen molar-refractivity contribution >= 4 is 28.9 Å². The average Bonchev–Trinajstić information content (AvgIpc) is 2.47. The molecule has 0 unspecified atom stereocenters. The van der Waals surface area contributed by atoms with E-state index in [-0.39, 0.29) is 11.3 Å². The van der Waals surface area contributed by atoms with Gasteiger partial charge in [-0.05, 0) is 30.7 Å². The van der Waals surface area contributed by atoms with Crippen molar-refractivity contribution in [3.63, 3.8) is 0 Å². The predicted octanol–water partition coefficient (Wildman–Crippen LogP) is 2.51. The molecule has 0 saturated heterocycles. The summed E-state index contributed by atoms with van der Waals surface area (Å²) in [6, 6.07) is 8.39. The van der Waals surface area contributed by atoms with Crippen molar-refractivity contribution in [2.75, 3.05) is 36.5 Å². The zero-order valence-electron chi connectivity index (χ0n) is 12.0. The molecule has 2 heterocycles. The fourth-order valence-corrected chi connectivity index (χ4v) is 2.50. The van der Waals surface area contributed by atoms with Gasteiger partial charge in [-0.3, -0.25) is 0 Å². The van der Waals surface area contributed by atoms with E-state index in [0.717, 1.165) is 24.5 Å². The molecule has 0 amide bonds. The first kappa shape index (κ1) is 13.9. The first-order valence-corrected chi connectivity index (χ1v) is 7.19. The predicted molar refractivity (Wildman–Crippen MR) is 82.7 cm³/mol. The lowest BCUT2D eigenvalue weighted by Crippen LogP contribution is -2.37. The Kier molecular flexibility index (Phi) is 3.79. The van der Waals surface area contributed by atoms with Gasteiger partial charge in [-0.25, -0.2) is 0 Å². The molecule has 1 aliphatic heterocycles. The highest BCUT2D eigenvalue weighted by Crippen LogP contribution is 2.35. The number of benzene rings is 1. The lowest BCUT2D eigenvalue weighted by atomic mass is 10.2. The van der Waals surface area contributed by atoms with E-state index >= 15 is 0 Å². The quantitative estimate of drug-likeness (QED) is 0.868. The molecule has 6 nitrogen and oxygen atoms in total. The van der Waals surface area contributed by atoms with Crippen LogP contribution in [0.2, 0.25) is 5.28 Å². The van der Waals surface area contributed by atoms with E-state index in [9.17, 15) is 0 Å². The van der Waals surface area contributed by atoms with Gasteiger partial charge in [0.05, 0.1) is 18.0 Å². The maximum atomic E-state index is 5.98. The van der Waals surface area contributed by atoms with Crippen molar-refractivity contribution in [1.29, 1.82) is 0 Å². The molecule has 21 heavy (non-hydrogen) atoms. The van der Waals surface area contributed by atoms with Gasteiger partial charge in [0.1, 0.15) is 0 Å². The molecule has 0 saturated carbocycles. The summed E-state index contributed by atoms with van der Waals surface area (Å²) in [5, 5.41) is 0.139. The summed E-state index contributed by atoms with van der Waals surface area (Å²) >= 11 is 5.98. The highest BCUT2D eigenvalue weighted by molar-refractivity contribution is 6.28. The molecular weight excluding hydrogens is 290 g/mol. The lowest BCUT2D eigenvalue weighted by molar-refractivity contribution is 0.311. The van der Waals surface area contributed by atoms with Gasteiger partial charge in [-0.15, -0.1) is 0 Å². The van der Waals surface area contributed by atoms with E-state index in [4.69, 9.17) is 16.3 Å². The van der Waals surface area contributed by atoms with Crippen LogP contribution in [0, 0.1) is 0 Å². The minimum atomic E-state index is 0.139. The van der Waals surface area contributed by atoms with Gasteiger partial charge in [0, 0.05) is 20.1 Å². The Balaban J connectivity index is 2.03. The molecule has 0 atom stereocenters. The van der Waals surface area contributed by atoms with Gasteiger partial charge in [-0.2, -0.15) is 15.0 Å². The normalized spacial score (nSPS) is 14.0. The second-order valence-electron chi connectivity index (χ2n) is 4.68. The standard InChI is InChI=1S/C14H16ClN5O/c1-3-21-14-17-12(15)16-13(18-14)20-9-8-19(2)10-6-4-5-7-11(10)20/h4-7H,3,8-9H2,1-2H3. The number of hydrogen-bond donors (Lipinski definition) is 0. The molecule has 0 fully saturated rings. The Bertz CT molecular complexity index is 651. The molecule has 0 spiro atoms. The Labute approximate surface area is 128 Å². The Morgan fingerprint density at radius 1 is 1.14 bits per heavy atom. The number of fused-ring (bicyclic) bond motifs is 1. The molecule has 7 heteroatoms. The van der Waals surface area contributed by atoms with Crippen molar-refractivity contribution < 1.29 is 4.74 Å². The summed E-state index contributed by atoms with van der Waals surface area (Å²) in [6.45, 7) is 4.02. The van der Waals surface area contributed by atoms with E-state index in [1.54, 1.807) is 0 Å². The van der Waals surface area contributed by atoms with Crippen LogP contribution in [0.3, 0.4) is 0 Å². The summed E-state index contributed by atoms with van der Waals surface area (Å²) in [4.78, 5) is 16.8. The van der Waals surface area contributed by atoms with Crippen LogP contribution in [0.1, 0.15) is 6.92 Å². The number of nitrogens with zero attached hydrogens (tertiary/aromatic N) is 5. The monoisotopic (exact) mass is 305 g/mol. The van der Waals surface area contributed by atoms with Crippen molar-refractivity contribution in [3.8, 4) is 6.01 Å². The Hall–Kier alpha value is -2.08. The summed E-state index contributed by atoms with van der Waals surface area (Å²) < 4.78 is 5.34. The fourth-order valence-electron chi connectivity index (χ4n) is 2.35. The third-order valence-corrected chi connectivity index (χ3v) is 3.50. The van der Waals surface area contributed by atoms with Crippen LogP contribution in [0.15, 0.2) is 24.3 Å². The smallest absolute Gasteiger partial charge is 0.322 e. The zero-order chi connectivity index (χ0) is 14.8. The van der Waals surface area contributed by atoms with Crippen LogP contribution in [-0.2, 0) is 0 Å². The van der Waals surface area contributed by atoms with Crippen molar-refractivity contribution in [2.24, 2.45) is 0 Å². The second kappa shape index (κ2) is 5.73. The number of likely N-dealkylation sites (N-methyl/N-ethyl adjacent to an activating group) is 1. The van der Waals surface area contributed by atoms with Crippen molar-refractivity contribution in [2.45, 2.75) is 6.92 Å². The number of rotatable bonds is 3. The van der Waals surface area contributed by atoms with E-state index in [0.29, 0.717) is 12.6 Å². The minimum absolute atomic E-state index is 0.139. The number of anilines is 3. The number of halogens is 1. The maximum absolute atomic E-state index is 5.98. The summed E-state index contributed by atoms with van der Waals surface area (Å²) in [7, 11) is 2.07. The van der Waals surface area contributed by atoms with Gasteiger partial charge >= 0.3 is 6.01 Å². The zero-order valence-corrected chi connectivity index (χ0v) is 12.7. The molecule has 110 valence electrons. The Morgan fingerprint density at radius 3 is 2.67 bits per heavy atom. The molecule has 3 rings (SSSR count). The van der Waals surface area contributed by atoms with Gasteiger partial charge < -0.3 is 14.5 Å². The third-order valence-electron chi connectivity index (χ3n) is 3.33. The Morgan fingerprint density at radius 2 is 1.90 bits per heavy atom. The van der Waals surface area contributed by atoms with E-state index in [1.165, 1.54) is 0 Å². The molecule has 1 aromatic carbocycles. The number of ether oxygens (including phenoxy) is 1. The van der Waals surface area contributed by atoms with Crippen LogP contribution >= 0.6 is 11.6 Å². The van der Waals surface area contributed by atoms with E-state index in [2.05, 4.69) is 33.0 Å². The molecule has 0 aliphatic carbocycles. The van der Waals surface area contributed by atoms with Gasteiger partial charge in [0.25, 0.3) is 0 Å². The van der Waals surface area contributed by atoms with E-state index < -0.39 is 0 Å². The number of para-hydroxylation sites is 2. The van der Waals surface area contributed by atoms with Gasteiger partial charge in [-0.1, -0.05) is 12.1 Å². The lowest BCUT2D eigenvalue weighted by Gasteiger charge is -2.35. The van der Waals surface area contributed by atoms with E-state index in [1.807, 2.05) is 30.0 Å². The fraction of sp³-hybridized carbons (Fsp3) is 0.357. The largest absolute Gasteiger partial charge is 0.464 e. The second-order valence-corrected chi connectivity index (χ2v) is 5.02. The van der Waals surface area contributed by atoms with Crippen LogP contribution in [0.4, 0.5) is 17.3 Å². The van der Waals surface area contributed by atoms with Crippen molar-refractivity contribution in [1.82, 2.24) is 15.0 Å². The number of aromatic nitrogens is 3. The molecule has 2 aromatic rings. The maximum Gasteiger partial charge on any atom is 0.322 e. The minimum Gasteiger partial charge on any atom is -0.464 e. The average molecular weight is 306 g/mol. The summed E-state index contributed by atoms with van der Waals surface area (Å²) in [5.41, 5.74) is 2.19. The first-order chi connectivity index (χ1) is 10.2. The third kappa shape index (κ3) is 2.71. The van der Waals surface area contributed by atoms with Crippen LogP contribution in [-0.4, -0.2) is 41.7 Å². The highest BCUT2D eigenvalue weighted by atomic mass is 35.5. The van der Waals surface area contributed by atoms with Gasteiger partial charge in [0.15, 0.2) is 0 Å². The van der Waals surface area contributed by atoms with Crippen molar-refractivity contribution in [3.05, 3.63) is 29.5 Å². The molecular formula is C14H16ClN5O. The number of hydrogen-bond acceptors (Lipinski definition) is 6. The van der Waals surface area contributed by atoms with Crippen LogP contribution < -0.4 is 14.5 Å². The molecule has 1 aromatic heterocycles. The molecule has 0 radical (unpaired) electrons. The molecule has 0 N–H and O–H groups in total. The molecule has 1 aliphatic rings. The molecule has 0 bridgehead atoms.